The number of urea groups is 2. The van der Waals surface area contributed by atoms with Gasteiger partial charge in [0, 0.05) is 22.2 Å². The minimum absolute atomic E-state index is 0.0653. The quantitative estimate of drug-likeness (QED) is 0.0906. The Morgan fingerprint density at radius 1 is 0.727 bits per heavy atom. The van der Waals surface area contributed by atoms with E-state index in [1.165, 1.54) is 0 Å². The van der Waals surface area contributed by atoms with Crippen LogP contribution in [0.5, 0.6) is 0 Å². The molecule has 248 valence electrons. The molecule has 0 aliphatic heterocycles. The fraction of sp³-hybridized carbons (Fsp3) is 0.645. The zero-order valence-corrected chi connectivity index (χ0v) is 29.5. The molecule has 2 atom stereocenters. The molecular weight excluding hydrogens is 681 g/mol. The molecule has 0 fully saturated rings. The molecule has 13 heteroatoms. The van der Waals surface area contributed by atoms with E-state index in [9.17, 15) is 24.0 Å². The average Bonchev–Trinajstić information content (AvgIpc) is 2.82. The van der Waals surface area contributed by atoms with Gasteiger partial charge in [0.2, 0.25) is 0 Å². The van der Waals surface area contributed by atoms with Crippen molar-refractivity contribution in [2.45, 2.75) is 123 Å². The van der Waals surface area contributed by atoms with Crippen molar-refractivity contribution >= 4 is 58.2 Å². The lowest BCUT2D eigenvalue weighted by Crippen LogP contribution is -2.53. The van der Waals surface area contributed by atoms with Crippen molar-refractivity contribution in [2.24, 2.45) is 0 Å². The van der Waals surface area contributed by atoms with E-state index in [1.54, 1.807) is 68.4 Å². The lowest BCUT2D eigenvalue weighted by atomic mass is 10.1. The van der Waals surface area contributed by atoms with E-state index < -0.39 is 52.8 Å². The van der Waals surface area contributed by atoms with Crippen molar-refractivity contribution < 1.29 is 38.2 Å². The predicted octanol–water partition coefficient (Wildman–Crippen LogP) is 5.42. The highest BCUT2D eigenvalue weighted by molar-refractivity contribution is 14.1. The maximum atomic E-state index is 13.0. The van der Waals surface area contributed by atoms with Crippen LogP contribution in [0.15, 0.2) is 24.3 Å². The molecule has 44 heavy (non-hydrogen) atoms. The molecule has 0 saturated heterocycles. The number of carbonyl (C=O) groups is 5. The van der Waals surface area contributed by atoms with E-state index in [1.807, 2.05) is 18.2 Å². The fourth-order valence-corrected chi connectivity index (χ4v) is 4.22. The molecule has 0 saturated carbocycles. The van der Waals surface area contributed by atoms with Gasteiger partial charge in [-0.2, -0.15) is 0 Å². The van der Waals surface area contributed by atoms with Crippen molar-refractivity contribution in [3.63, 3.8) is 0 Å². The summed E-state index contributed by atoms with van der Waals surface area (Å²) >= 11 is 2.16. The van der Waals surface area contributed by atoms with E-state index in [-0.39, 0.29) is 25.3 Å². The van der Waals surface area contributed by atoms with Gasteiger partial charge in [-0.25, -0.2) is 19.2 Å². The fourth-order valence-electron chi connectivity index (χ4n) is 3.67. The Hall–Kier alpha value is -3.10. The third kappa shape index (κ3) is 18.5. The number of halogens is 1. The molecule has 0 aromatic heterocycles. The van der Waals surface area contributed by atoms with Gasteiger partial charge in [-0.15, -0.1) is 0 Å². The molecule has 1 aromatic rings. The Kier molecular flexibility index (Phi) is 15.4. The largest absolute Gasteiger partial charge is 0.460 e. The molecule has 12 nitrogen and oxygen atoms in total. The SMILES string of the molecule is CC(C)(C)OC(=O)CC[C@H](NC(=O)NC(CCCCNC(=O)Nc1cccc([125I])c1)C(=O)OC(C)(C)C)C(=O)OC(C)(C)C. The monoisotopic (exact) mass is 730 g/mol. The molecule has 0 heterocycles. The summed E-state index contributed by atoms with van der Waals surface area (Å²) in [5.74, 6) is -1.89. The smallest absolute Gasteiger partial charge is 0.329 e. The number of hydrogen-bond donors (Lipinski definition) is 4. The van der Waals surface area contributed by atoms with E-state index in [4.69, 9.17) is 14.2 Å². The molecule has 0 radical (unpaired) electrons. The maximum absolute atomic E-state index is 13.0. The Balaban J connectivity index is 2.82. The van der Waals surface area contributed by atoms with Crippen LogP contribution in [-0.4, -0.2) is 65.4 Å². The Bertz CT molecular complexity index is 1140. The Morgan fingerprint density at radius 2 is 1.25 bits per heavy atom. The number of anilines is 1. The second-order valence-corrected chi connectivity index (χ2v) is 14.5. The number of benzene rings is 1. The summed E-state index contributed by atoms with van der Waals surface area (Å²) in [6.07, 6.45) is 1.02. The highest BCUT2D eigenvalue weighted by Crippen LogP contribution is 2.15. The third-order valence-corrected chi connectivity index (χ3v) is 6.01. The number of rotatable bonds is 13. The van der Waals surface area contributed by atoms with Gasteiger partial charge in [-0.3, -0.25) is 4.79 Å². The number of ether oxygens (including phenoxy) is 3. The van der Waals surface area contributed by atoms with Gasteiger partial charge in [0.25, 0.3) is 0 Å². The number of nitrogens with one attached hydrogen (secondary N) is 4. The van der Waals surface area contributed by atoms with Gasteiger partial charge < -0.3 is 35.5 Å². The first-order chi connectivity index (χ1) is 20.1. The third-order valence-electron chi connectivity index (χ3n) is 5.34. The molecule has 1 rings (SSSR count). The van der Waals surface area contributed by atoms with Gasteiger partial charge in [-0.05, 0) is 129 Å². The van der Waals surface area contributed by atoms with Crippen molar-refractivity contribution in [1.29, 1.82) is 0 Å². The van der Waals surface area contributed by atoms with Crippen LogP contribution in [0, 0.1) is 3.57 Å². The first-order valence-electron chi connectivity index (χ1n) is 14.7. The van der Waals surface area contributed by atoms with Gasteiger partial charge in [-0.1, -0.05) is 6.07 Å². The second-order valence-electron chi connectivity index (χ2n) is 13.3. The molecule has 0 aliphatic carbocycles. The summed E-state index contributed by atoms with van der Waals surface area (Å²) in [6, 6.07) is 4.04. The number of carbonyl (C=O) groups excluding carboxylic acids is 5. The summed E-state index contributed by atoms with van der Waals surface area (Å²) in [5, 5.41) is 10.7. The van der Waals surface area contributed by atoms with Gasteiger partial charge in [0.05, 0.1) is 0 Å². The Labute approximate surface area is 274 Å². The average molecular weight is 731 g/mol. The first-order valence-corrected chi connectivity index (χ1v) is 15.8. The van der Waals surface area contributed by atoms with Gasteiger partial charge >= 0.3 is 30.0 Å². The van der Waals surface area contributed by atoms with Crippen LogP contribution in [-0.2, 0) is 28.6 Å². The van der Waals surface area contributed by atoms with E-state index >= 15 is 0 Å². The van der Waals surface area contributed by atoms with Crippen LogP contribution < -0.4 is 21.3 Å². The van der Waals surface area contributed by atoms with Crippen molar-refractivity contribution in [3.8, 4) is 0 Å². The molecule has 1 aromatic carbocycles. The van der Waals surface area contributed by atoms with E-state index in [0.717, 1.165) is 3.57 Å². The highest BCUT2D eigenvalue weighted by Gasteiger charge is 2.31. The molecule has 1 unspecified atom stereocenters. The summed E-state index contributed by atoms with van der Waals surface area (Å²) in [6.45, 7) is 15.8. The van der Waals surface area contributed by atoms with Crippen LogP contribution in [0.1, 0.15) is 94.4 Å². The molecular formula is C31H49IN4O8. The topological polar surface area (TPSA) is 161 Å². The summed E-state index contributed by atoms with van der Waals surface area (Å²) in [5.41, 5.74) is -1.66. The number of hydrogen-bond acceptors (Lipinski definition) is 8. The normalized spacial score (nSPS) is 13.1. The predicted molar refractivity (Wildman–Crippen MR) is 176 cm³/mol. The van der Waals surface area contributed by atoms with Crippen LogP contribution in [0.3, 0.4) is 0 Å². The molecule has 4 N–H and O–H groups in total. The number of amides is 4. The number of unbranched alkanes of at least 4 members (excludes halogenated alkanes) is 1. The molecule has 0 spiro atoms. The first kappa shape index (κ1) is 38.9. The lowest BCUT2D eigenvalue weighted by molar-refractivity contribution is -0.159. The minimum Gasteiger partial charge on any atom is -0.460 e. The van der Waals surface area contributed by atoms with Gasteiger partial charge in [0.1, 0.15) is 28.9 Å². The van der Waals surface area contributed by atoms with E-state index in [2.05, 4.69) is 43.9 Å². The Morgan fingerprint density at radius 3 is 1.75 bits per heavy atom. The minimum atomic E-state index is -1.17. The molecule has 4 amide bonds. The van der Waals surface area contributed by atoms with Crippen molar-refractivity contribution in [2.75, 3.05) is 11.9 Å². The second kappa shape index (κ2) is 17.4. The lowest BCUT2D eigenvalue weighted by Gasteiger charge is -2.27. The zero-order chi connectivity index (χ0) is 33.7. The van der Waals surface area contributed by atoms with Crippen LogP contribution >= 0.6 is 22.6 Å². The molecule has 0 bridgehead atoms. The zero-order valence-electron chi connectivity index (χ0n) is 27.4. The van der Waals surface area contributed by atoms with E-state index in [0.29, 0.717) is 25.1 Å². The van der Waals surface area contributed by atoms with Crippen LogP contribution in [0.2, 0.25) is 0 Å². The summed E-state index contributed by atoms with van der Waals surface area (Å²) < 4.78 is 17.3. The van der Waals surface area contributed by atoms with Crippen LogP contribution in [0.25, 0.3) is 0 Å². The summed E-state index contributed by atoms with van der Waals surface area (Å²) in [4.78, 5) is 63.4. The van der Waals surface area contributed by atoms with Crippen molar-refractivity contribution in [3.05, 3.63) is 27.8 Å². The van der Waals surface area contributed by atoms with Gasteiger partial charge in [0.15, 0.2) is 0 Å². The highest BCUT2D eigenvalue weighted by atomic mass is 125. The number of esters is 3. The molecule has 0 aliphatic rings. The standard InChI is InChI=1S/C31H49IN4O8/c1-29(2,3)42-24(37)17-16-23(26(39)44-31(7,8)9)36-28(41)35-22(25(38)43-30(4,5)6)15-10-11-18-33-27(40)34-21-14-12-13-20(32)19-21/h12-14,19,22-23H,10-11,15-18H2,1-9H3,(H2,33,34,40)(H2,35,36,41)/t22?,23-/m0/s1/i32-2. The maximum Gasteiger partial charge on any atom is 0.329 e. The van der Waals surface area contributed by atoms with Crippen LogP contribution in [0.4, 0.5) is 15.3 Å². The summed E-state index contributed by atoms with van der Waals surface area (Å²) in [7, 11) is 0. The van der Waals surface area contributed by atoms with Crippen molar-refractivity contribution in [1.82, 2.24) is 16.0 Å².